The summed E-state index contributed by atoms with van der Waals surface area (Å²) < 4.78 is 1.86. The van der Waals surface area contributed by atoms with Gasteiger partial charge in [0.15, 0.2) is 5.78 Å². The van der Waals surface area contributed by atoms with E-state index in [1.807, 2.05) is 83.6 Å². The van der Waals surface area contributed by atoms with Crippen LogP contribution < -0.4 is 0 Å². The van der Waals surface area contributed by atoms with E-state index in [1.54, 1.807) is 0 Å². The van der Waals surface area contributed by atoms with Crippen LogP contribution in [0.1, 0.15) is 15.9 Å². The Hall–Kier alpha value is -3.71. The summed E-state index contributed by atoms with van der Waals surface area (Å²) in [6.45, 7) is 0.207. The van der Waals surface area contributed by atoms with Crippen LogP contribution in [0.4, 0.5) is 0 Å². The molecular weight excluding hydrogens is 334 g/mol. The summed E-state index contributed by atoms with van der Waals surface area (Å²) in [5.74, 6) is 0.755. The highest BCUT2D eigenvalue weighted by Gasteiger charge is 2.22. The van der Waals surface area contributed by atoms with Crippen LogP contribution in [0.25, 0.3) is 22.6 Å². The van der Waals surface area contributed by atoms with Gasteiger partial charge in [-0.1, -0.05) is 60.7 Å². The van der Waals surface area contributed by atoms with Crippen molar-refractivity contribution in [2.75, 3.05) is 0 Å². The number of rotatable bonds is 5. The number of pyridine rings is 1. The third kappa shape index (κ3) is 3.23. The predicted octanol–water partition coefficient (Wildman–Crippen LogP) is 4.60. The lowest BCUT2D eigenvalue weighted by Crippen LogP contribution is -2.12. The summed E-state index contributed by atoms with van der Waals surface area (Å²) in [5, 5.41) is 9.29. The molecule has 4 heteroatoms. The lowest BCUT2D eigenvalue weighted by Gasteiger charge is -2.11. The van der Waals surface area contributed by atoms with Gasteiger partial charge in [0.25, 0.3) is 0 Å². The molecule has 0 amide bonds. The fourth-order valence-electron chi connectivity index (χ4n) is 3.29. The van der Waals surface area contributed by atoms with E-state index in [1.165, 1.54) is 0 Å². The average Bonchev–Trinajstić information content (AvgIpc) is 3.09. The highest BCUT2D eigenvalue weighted by atomic mass is 16.1. The number of carbonyl (C=O) groups excluding carboxylic acids is 1. The van der Waals surface area contributed by atoms with Crippen LogP contribution in [-0.4, -0.2) is 15.3 Å². The molecule has 0 bridgehead atoms. The fraction of sp³-hybridized carbons (Fsp3) is 0.0870. The van der Waals surface area contributed by atoms with Crippen LogP contribution >= 0.6 is 0 Å². The molecule has 0 atom stereocenters. The van der Waals surface area contributed by atoms with Gasteiger partial charge in [0.05, 0.1) is 24.7 Å². The van der Waals surface area contributed by atoms with Gasteiger partial charge in [0.2, 0.25) is 0 Å². The Morgan fingerprint density at radius 2 is 1.67 bits per heavy atom. The van der Waals surface area contributed by atoms with Gasteiger partial charge in [0, 0.05) is 28.5 Å². The third-order valence-electron chi connectivity index (χ3n) is 4.58. The summed E-state index contributed by atoms with van der Waals surface area (Å²) >= 11 is 0. The van der Waals surface area contributed by atoms with Crippen molar-refractivity contribution in [3.05, 3.63) is 90.1 Å². The van der Waals surface area contributed by atoms with Crippen LogP contribution in [0, 0.1) is 11.3 Å². The number of Topliss-reactive ketones (excluding diaryl/α,β-unsaturated/α-hetero) is 1. The van der Waals surface area contributed by atoms with Crippen molar-refractivity contribution >= 4 is 5.78 Å². The van der Waals surface area contributed by atoms with E-state index in [4.69, 9.17) is 4.98 Å². The molecule has 4 rings (SSSR count). The third-order valence-corrected chi connectivity index (χ3v) is 4.58. The molecule has 0 saturated heterocycles. The zero-order valence-electron chi connectivity index (χ0n) is 14.7. The molecule has 0 unspecified atom stereocenters. The van der Waals surface area contributed by atoms with Crippen molar-refractivity contribution in [3.8, 4) is 28.7 Å². The second kappa shape index (κ2) is 7.27. The molecular formula is C23H17N3O. The SMILES string of the molecule is N#CCc1c2cccn(CC(=O)c3ccccc3)c-2nc1-c1ccccc1. The van der Waals surface area contributed by atoms with Gasteiger partial charge < -0.3 is 4.57 Å². The molecule has 0 fully saturated rings. The minimum absolute atomic E-state index is 0.0270. The largest absolute Gasteiger partial charge is 0.325 e. The van der Waals surface area contributed by atoms with Gasteiger partial charge in [0.1, 0.15) is 5.82 Å². The Morgan fingerprint density at radius 3 is 2.37 bits per heavy atom. The van der Waals surface area contributed by atoms with Crippen molar-refractivity contribution in [1.29, 1.82) is 5.26 Å². The fourth-order valence-corrected chi connectivity index (χ4v) is 3.29. The number of nitrogens with zero attached hydrogens (tertiary/aromatic N) is 3. The van der Waals surface area contributed by atoms with Crippen molar-refractivity contribution in [3.63, 3.8) is 0 Å². The van der Waals surface area contributed by atoms with E-state index in [0.717, 1.165) is 28.2 Å². The number of aromatic nitrogens is 2. The topological polar surface area (TPSA) is 58.7 Å². The molecule has 0 N–H and O–H groups in total. The van der Waals surface area contributed by atoms with E-state index in [-0.39, 0.29) is 18.7 Å². The van der Waals surface area contributed by atoms with E-state index in [9.17, 15) is 10.1 Å². The molecule has 2 heterocycles. The first kappa shape index (κ1) is 16.7. The number of fused-ring (bicyclic) bond motifs is 1. The maximum atomic E-state index is 12.6. The number of hydrogen-bond acceptors (Lipinski definition) is 3. The molecule has 27 heavy (non-hydrogen) atoms. The molecule has 4 nitrogen and oxygen atoms in total. The second-order valence-corrected chi connectivity index (χ2v) is 6.30. The van der Waals surface area contributed by atoms with Gasteiger partial charge in [-0.05, 0) is 12.1 Å². The summed E-state index contributed by atoms with van der Waals surface area (Å²) in [6.07, 6.45) is 2.14. The number of ketones is 1. The van der Waals surface area contributed by atoms with Gasteiger partial charge >= 0.3 is 0 Å². The maximum absolute atomic E-state index is 12.6. The van der Waals surface area contributed by atoms with Gasteiger partial charge in [-0.3, -0.25) is 4.79 Å². The Kier molecular flexibility index (Phi) is 4.51. The first-order chi connectivity index (χ1) is 13.3. The zero-order chi connectivity index (χ0) is 18.6. The van der Waals surface area contributed by atoms with Crippen molar-refractivity contribution in [2.24, 2.45) is 0 Å². The summed E-state index contributed by atoms with van der Waals surface area (Å²) in [5.41, 5.74) is 4.27. The number of carbonyl (C=O) groups is 1. The Bertz CT molecular complexity index is 1090. The average molecular weight is 351 g/mol. The van der Waals surface area contributed by atoms with Crippen LogP contribution in [0.5, 0.6) is 0 Å². The lowest BCUT2D eigenvalue weighted by molar-refractivity contribution is 0.0972. The van der Waals surface area contributed by atoms with E-state index in [0.29, 0.717) is 5.56 Å². The lowest BCUT2D eigenvalue weighted by atomic mass is 10.0. The van der Waals surface area contributed by atoms with Crippen LogP contribution in [0.3, 0.4) is 0 Å². The Labute approximate surface area is 157 Å². The molecule has 2 aliphatic rings. The van der Waals surface area contributed by atoms with Gasteiger partial charge in [-0.25, -0.2) is 4.98 Å². The van der Waals surface area contributed by atoms with E-state index < -0.39 is 0 Å². The minimum Gasteiger partial charge on any atom is -0.325 e. The molecule has 0 spiro atoms. The van der Waals surface area contributed by atoms with Gasteiger partial charge in [-0.2, -0.15) is 5.26 Å². The molecule has 2 aromatic carbocycles. The summed E-state index contributed by atoms with van der Waals surface area (Å²) in [6, 6.07) is 25.2. The predicted molar refractivity (Wildman–Crippen MR) is 104 cm³/mol. The van der Waals surface area contributed by atoms with Crippen molar-refractivity contribution < 1.29 is 4.79 Å². The molecule has 0 radical (unpaired) electrons. The summed E-state index contributed by atoms with van der Waals surface area (Å²) in [4.78, 5) is 17.5. The van der Waals surface area contributed by atoms with Gasteiger partial charge in [-0.15, -0.1) is 0 Å². The Balaban J connectivity index is 1.79. The number of hydrogen-bond donors (Lipinski definition) is 0. The molecule has 0 saturated carbocycles. The van der Waals surface area contributed by atoms with Crippen LogP contribution in [-0.2, 0) is 13.0 Å². The second-order valence-electron chi connectivity index (χ2n) is 6.30. The molecule has 0 aliphatic carbocycles. The minimum atomic E-state index is 0.0270. The quantitative estimate of drug-likeness (QED) is 0.494. The van der Waals surface area contributed by atoms with E-state index >= 15 is 0 Å². The van der Waals surface area contributed by atoms with Crippen molar-refractivity contribution in [2.45, 2.75) is 13.0 Å². The monoisotopic (exact) mass is 351 g/mol. The zero-order valence-corrected chi connectivity index (χ0v) is 14.7. The first-order valence-corrected chi connectivity index (χ1v) is 8.76. The highest BCUT2D eigenvalue weighted by molar-refractivity contribution is 5.96. The number of benzene rings is 2. The molecule has 2 aromatic rings. The molecule has 130 valence electrons. The first-order valence-electron chi connectivity index (χ1n) is 8.76. The standard InChI is InChI=1S/C23H17N3O/c24-14-13-19-20-12-7-15-26(16-21(27)17-8-3-1-4-9-17)23(20)25-22(19)18-10-5-2-6-11-18/h1-12,15H,13,16H2. The van der Waals surface area contributed by atoms with Crippen LogP contribution in [0.2, 0.25) is 0 Å². The molecule has 0 aromatic heterocycles. The normalized spacial score (nSPS) is 10.6. The highest BCUT2D eigenvalue weighted by Crippen LogP contribution is 2.35. The van der Waals surface area contributed by atoms with Crippen molar-refractivity contribution in [1.82, 2.24) is 9.55 Å². The number of nitriles is 1. The Morgan fingerprint density at radius 1 is 0.963 bits per heavy atom. The molecule has 2 aliphatic heterocycles. The van der Waals surface area contributed by atoms with Crippen LogP contribution in [0.15, 0.2) is 79.0 Å². The smallest absolute Gasteiger partial charge is 0.182 e. The summed E-state index contributed by atoms with van der Waals surface area (Å²) in [7, 11) is 0. The maximum Gasteiger partial charge on any atom is 0.182 e. The van der Waals surface area contributed by atoms with E-state index in [2.05, 4.69) is 6.07 Å².